The molecule has 0 rings (SSSR count). The van der Waals surface area contributed by atoms with Crippen LogP contribution >= 0.6 is 0 Å². The topological polar surface area (TPSA) is 52.6 Å². The van der Waals surface area contributed by atoms with E-state index in [4.69, 9.17) is 9.47 Å². The van der Waals surface area contributed by atoms with Crippen molar-refractivity contribution >= 4 is 11.8 Å². The van der Waals surface area contributed by atoms with Gasteiger partial charge in [-0.25, -0.2) is 0 Å². The van der Waals surface area contributed by atoms with Crippen LogP contribution in [-0.2, 0) is 19.1 Å². The van der Waals surface area contributed by atoms with Crippen molar-refractivity contribution in [3.8, 4) is 0 Å². The van der Waals surface area contributed by atoms with Crippen molar-refractivity contribution < 1.29 is 19.1 Å². The summed E-state index contributed by atoms with van der Waals surface area (Å²) in [6, 6.07) is 0. The molecule has 0 saturated carbocycles. The number of esters is 1. The molecule has 88 valence electrons. The molecule has 0 aromatic rings. The number of carbonyl (C=O) groups is 2. The highest BCUT2D eigenvalue weighted by atomic mass is 16.5. The smallest absolute Gasteiger partial charge is 0.302 e. The van der Waals surface area contributed by atoms with Crippen LogP contribution in [0.2, 0.25) is 0 Å². The van der Waals surface area contributed by atoms with E-state index < -0.39 is 5.60 Å². The highest BCUT2D eigenvalue weighted by Crippen LogP contribution is 2.16. The summed E-state index contributed by atoms with van der Waals surface area (Å²) in [6.45, 7) is 7.35. The maximum absolute atomic E-state index is 11.3. The average molecular weight is 216 g/mol. The molecule has 0 radical (unpaired) electrons. The normalized spacial score (nSPS) is 14.4. The van der Waals surface area contributed by atoms with Crippen LogP contribution in [0, 0.1) is 0 Å². The summed E-state index contributed by atoms with van der Waals surface area (Å²) >= 11 is 0. The molecule has 1 atom stereocenters. The maximum Gasteiger partial charge on any atom is 0.302 e. The van der Waals surface area contributed by atoms with Crippen LogP contribution in [0.15, 0.2) is 0 Å². The SMILES string of the molecule is CCC(C)(OCCCOC(C)=O)C(C)=O. The molecular weight excluding hydrogens is 196 g/mol. The van der Waals surface area contributed by atoms with Gasteiger partial charge in [0.25, 0.3) is 0 Å². The average Bonchev–Trinajstić information content (AvgIpc) is 2.16. The Kier molecular flexibility index (Phi) is 6.17. The molecule has 0 bridgehead atoms. The van der Waals surface area contributed by atoms with Gasteiger partial charge in [0.15, 0.2) is 5.78 Å². The second-order valence-electron chi connectivity index (χ2n) is 3.68. The summed E-state index contributed by atoms with van der Waals surface area (Å²) in [4.78, 5) is 21.7. The summed E-state index contributed by atoms with van der Waals surface area (Å²) in [5.41, 5.74) is -0.698. The lowest BCUT2D eigenvalue weighted by atomic mass is 9.99. The molecule has 0 aliphatic heterocycles. The number of Topliss-reactive ketones (excluding diaryl/α,β-unsaturated/α-hetero) is 1. The summed E-state index contributed by atoms with van der Waals surface area (Å²) in [5.74, 6) is -0.266. The number of carbonyl (C=O) groups excluding carboxylic acids is 2. The van der Waals surface area contributed by atoms with Gasteiger partial charge in [-0.05, 0) is 20.3 Å². The fourth-order valence-corrected chi connectivity index (χ4v) is 1.02. The molecule has 0 heterocycles. The summed E-state index contributed by atoms with van der Waals surface area (Å²) in [6.07, 6.45) is 1.26. The zero-order chi connectivity index (χ0) is 11.9. The minimum Gasteiger partial charge on any atom is -0.466 e. The van der Waals surface area contributed by atoms with E-state index in [1.54, 1.807) is 6.92 Å². The number of ether oxygens (including phenoxy) is 2. The van der Waals surface area contributed by atoms with E-state index in [-0.39, 0.29) is 11.8 Å². The summed E-state index contributed by atoms with van der Waals surface area (Å²) < 4.78 is 10.2. The number of rotatable bonds is 7. The van der Waals surface area contributed by atoms with E-state index in [1.807, 2.05) is 6.92 Å². The van der Waals surface area contributed by atoms with Gasteiger partial charge in [0, 0.05) is 13.3 Å². The van der Waals surface area contributed by atoms with Crippen molar-refractivity contribution in [3.63, 3.8) is 0 Å². The second kappa shape index (κ2) is 6.56. The molecule has 0 N–H and O–H groups in total. The molecule has 0 fully saturated rings. The Morgan fingerprint density at radius 1 is 1.20 bits per heavy atom. The standard InChI is InChI=1S/C11H20O4/c1-5-11(4,9(2)12)15-8-6-7-14-10(3)13/h5-8H2,1-4H3. The molecule has 0 saturated heterocycles. The van der Waals surface area contributed by atoms with Gasteiger partial charge in [0.2, 0.25) is 0 Å². The van der Waals surface area contributed by atoms with Crippen LogP contribution in [0.3, 0.4) is 0 Å². The zero-order valence-electron chi connectivity index (χ0n) is 9.96. The minimum atomic E-state index is -0.698. The van der Waals surface area contributed by atoms with E-state index in [2.05, 4.69) is 0 Å². The summed E-state index contributed by atoms with van der Waals surface area (Å²) in [5, 5.41) is 0. The molecule has 15 heavy (non-hydrogen) atoms. The van der Waals surface area contributed by atoms with Crippen LogP contribution in [0.25, 0.3) is 0 Å². The van der Waals surface area contributed by atoms with Crippen molar-refractivity contribution in [2.24, 2.45) is 0 Å². The molecule has 1 unspecified atom stereocenters. The zero-order valence-corrected chi connectivity index (χ0v) is 9.96. The van der Waals surface area contributed by atoms with Gasteiger partial charge in [-0.15, -0.1) is 0 Å². The second-order valence-corrected chi connectivity index (χ2v) is 3.68. The Bertz CT molecular complexity index is 225. The first kappa shape index (κ1) is 14.1. The largest absolute Gasteiger partial charge is 0.466 e. The van der Waals surface area contributed by atoms with Crippen molar-refractivity contribution in [1.29, 1.82) is 0 Å². The fraction of sp³-hybridized carbons (Fsp3) is 0.818. The molecule has 0 spiro atoms. The van der Waals surface area contributed by atoms with Crippen molar-refractivity contribution in [3.05, 3.63) is 0 Å². The maximum atomic E-state index is 11.3. The van der Waals surface area contributed by atoms with Crippen LogP contribution in [-0.4, -0.2) is 30.6 Å². The van der Waals surface area contributed by atoms with Gasteiger partial charge in [-0.2, -0.15) is 0 Å². The lowest BCUT2D eigenvalue weighted by Gasteiger charge is -2.25. The van der Waals surface area contributed by atoms with Gasteiger partial charge in [-0.1, -0.05) is 6.92 Å². The van der Waals surface area contributed by atoms with Gasteiger partial charge in [0.05, 0.1) is 13.2 Å². The predicted octanol–water partition coefficient (Wildman–Crippen LogP) is 1.71. The fourth-order valence-electron chi connectivity index (χ4n) is 1.02. The van der Waals surface area contributed by atoms with E-state index in [1.165, 1.54) is 13.8 Å². The first-order valence-corrected chi connectivity index (χ1v) is 5.20. The molecule has 0 aliphatic carbocycles. The third-order valence-corrected chi connectivity index (χ3v) is 2.43. The van der Waals surface area contributed by atoms with E-state index in [0.29, 0.717) is 26.1 Å². The van der Waals surface area contributed by atoms with Crippen LogP contribution in [0.1, 0.15) is 40.5 Å². The van der Waals surface area contributed by atoms with Crippen LogP contribution in [0.4, 0.5) is 0 Å². The highest BCUT2D eigenvalue weighted by Gasteiger charge is 2.27. The first-order chi connectivity index (χ1) is 6.92. The third-order valence-electron chi connectivity index (χ3n) is 2.43. The lowest BCUT2D eigenvalue weighted by molar-refractivity contribution is -0.145. The Hall–Kier alpha value is -0.900. The molecule has 0 aliphatic rings. The van der Waals surface area contributed by atoms with Crippen molar-refractivity contribution in [2.45, 2.75) is 46.1 Å². The number of hydrogen-bond acceptors (Lipinski definition) is 4. The molecule has 0 aromatic carbocycles. The van der Waals surface area contributed by atoms with Gasteiger partial charge >= 0.3 is 5.97 Å². The van der Waals surface area contributed by atoms with E-state index >= 15 is 0 Å². The predicted molar refractivity (Wildman–Crippen MR) is 56.6 cm³/mol. The van der Waals surface area contributed by atoms with E-state index in [9.17, 15) is 9.59 Å². The van der Waals surface area contributed by atoms with Crippen LogP contribution in [0.5, 0.6) is 0 Å². The highest BCUT2D eigenvalue weighted by molar-refractivity contribution is 5.84. The van der Waals surface area contributed by atoms with Gasteiger partial charge < -0.3 is 9.47 Å². The van der Waals surface area contributed by atoms with E-state index in [0.717, 1.165) is 0 Å². The van der Waals surface area contributed by atoms with Gasteiger partial charge in [-0.3, -0.25) is 9.59 Å². The molecular formula is C11H20O4. The number of ketones is 1. The Labute approximate surface area is 90.9 Å². The number of hydrogen-bond donors (Lipinski definition) is 0. The lowest BCUT2D eigenvalue weighted by Crippen LogP contribution is -2.36. The monoisotopic (exact) mass is 216 g/mol. The molecule has 0 amide bonds. The Balaban J connectivity index is 3.73. The Morgan fingerprint density at radius 3 is 2.20 bits per heavy atom. The molecule has 0 aromatic heterocycles. The third kappa shape index (κ3) is 5.52. The Morgan fingerprint density at radius 2 is 1.80 bits per heavy atom. The minimum absolute atomic E-state index is 0.0255. The first-order valence-electron chi connectivity index (χ1n) is 5.20. The quantitative estimate of drug-likeness (QED) is 0.480. The van der Waals surface area contributed by atoms with Crippen LogP contribution < -0.4 is 0 Å². The van der Waals surface area contributed by atoms with Crippen molar-refractivity contribution in [2.75, 3.05) is 13.2 Å². The van der Waals surface area contributed by atoms with Crippen molar-refractivity contribution in [1.82, 2.24) is 0 Å². The van der Waals surface area contributed by atoms with Gasteiger partial charge in [0.1, 0.15) is 5.60 Å². The molecule has 4 nitrogen and oxygen atoms in total. The molecule has 4 heteroatoms. The summed E-state index contributed by atoms with van der Waals surface area (Å²) in [7, 11) is 0.